The van der Waals surface area contributed by atoms with Crippen molar-refractivity contribution in [3.63, 3.8) is 0 Å². The van der Waals surface area contributed by atoms with Crippen molar-refractivity contribution in [1.82, 2.24) is 10.3 Å². The Morgan fingerprint density at radius 2 is 1.95 bits per heavy atom. The predicted octanol–water partition coefficient (Wildman–Crippen LogP) is 3.40. The van der Waals surface area contributed by atoms with Crippen molar-refractivity contribution in [2.45, 2.75) is 46.2 Å². The third-order valence-electron chi connectivity index (χ3n) is 3.43. The maximum Gasteiger partial charge on any atom is 0.208 e. The Morgan fingerprint density at radius 1 is 1.21 bits per heavy atom. The number of aromatic nitrogens is 1. The smallest absolute Gasteiger partial charge is 0.208 e. The van der Waals surface area contributed by atoms with Gasteiger partial charge in [0.25, 0.3) is 0 Å². The van der Waals surface area contributed by atoms with Crippen molar-refractivity contribution in [2.75, 3.05) is 0 Å². The molecule has 1 N–H and O–H groups in total. The van der Waals surface area contributed by atoms with Gasteiger partial charge in [-0.25, -0.2) is 4.98 Å². The van der Waals surface area contributed by atoms with E-state index in [1.54, 1.807) is 0 Å². The minimum Gasteiger partial charge on any atom is -0.444 e. The summed E-state index contributed by atoms with van der Waals surface area (Å²) in [6.45, 7) is 6.82. The third-order valence-corrected chi connectivity index (χ3v) is 3.43. The minimum absolute atomic E-state index is 0.454. The van der Waals surface area contributed by atoms with E-state index in [0.29, 0.717) is 12.6 Å². The molecule has 0 aliphatic rings. The normalized spacial score (nSPS) is 12.6. The predicted molar refractivity (Wildman–Crippen MR) is 77.0 cm³/mol. The highest BCUT2D eigenvalue weighted by Crippen LogP contribution is 2.10. The van der Waals surface area contributed by atoms with E-state index in [4.69, 9.17) is 4.42 Å². The van der Waals surface area contributed by atoms with Crippen molar-refractivity contribution in [2.24, 2.45) is 0 Å². The Labute approximate surface area is 115 Å². The topological polar surface area (TPSA) is 38.1 Å². The zero-order valence-corrected chi connectivity index (χ0v) is 11.9. The molecule has 1 aromatic carbocycles. The van der Waals surface area contributed by atoms with E-state index in [1.807, 2.05) is 13.8 Å². The first kappa shape index (κ1) is 13.8. The largest absolute Gasteiger partial charge is 0.444 e. The van der Waals surface area contributed by atoms with Crippen LogP contribution < -0.4 is 5.32 Å². The molecule has 2 aromatic rings. The molecule has 1 heterocycles. The van der Waals surface area contributed by atoms with Gasteiger partial charge in [-0.15, -0.1) is 0 Å². The SMILES string of the molecule is CCC(Cc1ccccc1)NCc1nc(C)c(C)o1. The van der Waals surface area contributed by atoms with E-state index in [0.717, 1.165) is 30.2 Å². The summed E-state index contributed by atoms with van der Waals surface area (Å²) in [6.07, 6.45) is 2.13. The lowest BCUT2D eigenvalue weighted by Crippen LogP contribution is -2.30. The highest BCUT2D eigenvalue weighted by molar-refractivity contribution is 5.15. The maximum atomic E-state index is 5.59. The number of oxazole rings is 1. The van der Waals surface area contributed by atoms with Gasteiger partial charge in [-0.05, 0) is 32.3 Å². The molecule has 1 unspecified atom stereocenters. The molecule has 0 aliphatic heterocycles. The van der Waals surface area contributed by atoms with Gasteiger partial charge in [-0.3, -0.25) is 0 Å². The summed E-state index contributed by atoms with van der Waals surface area (Å²) in [5, 5.41) is 3.52. The van der Waals surface area contributed by atoms with Gasteiger partial charge < -0.3 is 9.73 Å². The maximum absolute atomic E-state index is 5.59. The zero-order valence-electron chi connectivity index (χ0n) is 11.9. The highest BCUT2D eigenvalue weighted by atomic mass is 16.4. The first-order valence-electron chi connectivity index (χ1n) is 6.89. The number of benzene rings is 1. The van der Waals surface area contributed by atoms with Crippen LogP contribution >= 0.6 is 0 Å². The molecular weight excluding hydrogens is 236 g/mol. The molecule has 0 bridgehead atoms. The second-order valence-corrected chi connectivity index (χ2v) is 4.92. The first-order chi connectivity index (χ1) is 9.19. The molecule has 3 nitrogen and oxygen atoms in total. The second kappa shape index (κ2) is 6.53. The molecule has 0 spiro atoms. The van der Waals surface area contributed by atoms with Crippen LogP contribution in [-0.2, 0) is 13.0 Å². The minimum atomic E-state index is 0.454. The summed E-state index contributed by atoms with van der Waals surface area (Å²) in [4.78, 5) is 4.39. The summed E-state index contributed by atoms with van der Waals surface area (Å²) < 4.78 is 5.59. The fraction of sp³-hybridized carbons (Fsp3) is 0.438. The Balaban J connectivity index is 1.89. The van der Waals surface area contributed by atoms with E-state index >= 15 is 0 Å². The molecule has 0 amide bonds. The molecule has 0 saturated heterocycles. The Bertz CT molecular complexity index is 485. The zero-order chi connectivity index (χ0) is 13.7. The molecule has 0 saturated carbocycles. The molecule has 1 aromatic heterocycles. The van der Waals surface area contributed by atoms with Crippen LogP contribution in [0.4, 0.5) is 0 Å². The summed E-state index contributed by atoms with van der Waals surface area (Å²) >= 11 is 0. The van der Waals surface area contributed by atoms with Crippen LogP contribution in [0.3, 0.4) is 0 Å². The van der Waals surface area contributed by atoms with Gasteiger partial charge in [0, 0.05) is 6.04 Å². The van der Waals surface area contributed by atoms with Crippen LogP contribution in [0.15, 0.2) is 34.7 Å². The number of hydrogen-bond acceptors (Lipinski definition) is 3. The Morgan fingerprint density at radius 3 is 2.53 bits per heavy atom. The van der Waals surface area contributed by atoms with Crippen LogP contribution in [0.5, 0.6) is 0 Å². The van der Waals surface area contributed by atoms with E-state index < -0.39 is 0 Å². The molecular formula is C16H22N2O. The van der Waals surface area contributed by atoms with Crippen LogP contribution in [0.25, 0.3) is 0 Å². The van der Waals surface area contributed by atoms with Gasteiger partial charge in [0.1, 0.15) is 5.76 Å². The number of nitrogens with zero attached hydrogens (tertiary/aromatic N) is 1. The molecule has 0 aliphatic carbocycles. The van der Waals surface area contributed by atoms with E-state index in [1.165, 1.54) is 5.56 Å². The lowest BCUT2D eigenvalue weighted by molar-refractivity contribution is 0.413. The fourth-order valence-electron chi connectivity index (χ4n) is 2.11. The summed E-state index contributed by atoms with van der Waals surface area (Å²) in [7, 11) is 0. The van der Waals surface area contributed by atoms with Crippen LogP contribution in [0.2, 0.25) is 0 Å². The monoisotopic (exact) mass is 258 g/mol. The van der Waals surface area contributed by atoms with E-state index in [2.05, 4.69) is 47.6 Å². The van der Waals surface area contributed by atoms with Crippen molar-refractivity contribution < 1.29 is 4.42 Å². The molecule has 0 fully saturated rings. The van der Waals surface area contributed by atoms with Crippen LogP contribution in [0.1, 0.15) is 36.3 Å². The van der Waals surface area contributed by atoms with Gasteiger partial charge in [0.15, 0.2) is 0 Å². The van der Waals surface area contributed by atoms with Gasteiger partial charge >= 0.3 is 0 Å². The van der Waals surface area contributed by atoms with Gasteiger partial charge in [0.2, 0.25) is 5.89 Å². The van der Waals surface area contributed by atoms with Crippen molar-refractivity contribution >= 4 is 0 Å². The van der Waals surface area contributed by atoms with E-state index in [9.17, 15) is 0 Å². The lowest BCUT2D eigenvalue weighted by atomic mass is 10.0. The van der Waals surface area contributed by atoms with Crippen molar-refractivity contribution in [3.05, 3.63) is 53.2 Å². The highest BCUT2D eigenvalue weighted by Gasteiger charge is 2.10. The molecule has 1 atom stereocenters. The second-order valence-electron chi connectivity index (χ2n) is 4.92. The number of rotatable bonds is 6. The quantitative estimate of drug-likeness (QED) is 0.863. The van der Waals surface area contributed by atoms with Crippen molar-refractivity contribution in [1.29, 1.82) is 0 Å². The van der Waals surface area contributed by atoms with Crippen LogP contribution in [-0.4, -0.2) is 11.0 Å². The fourth-order valence-corrected chi connectivity index (χ4v) is 2.11. The molecule has 19 heavy (non-hydrogen) atoms. The summed E-state index contributed by atoms with van der Waals surface area (Å²) in [5.74, 6) is 1.69. The summed E-state index contributed by atoms with van der Waals surface area (Å²) in [5.41, 5.74) is 2.34. The molecule has 3 heteroatoms. The third kappa shape index (κ3) is 3.93. The van der Waals surface area contributed by atoms with E-state index in [-0.39, 0.29) is 0 Å². The Kier molecular flexibility index (Phi) is 4.74. The standard InChI is InChI=1S/C16H22N2O/c1-4-15(10-14-8-6-5-7-9-14)17-11-16-18-12(2)13(3)19-16/h5-9,15,17H,4,10-11H2,1-3H3. The number of hydrogen-bond donors (Lipinski definition) is 1. The van der Waals surface area contributed by atoms with Gasteiger partial charge in [-0.1, -0.05) is 37.3 Å². The lowest BCUT2D eigenvalue weighted by Gasteiger charge is -2.15. The number of aryl methyl sites for hydroxylation is 2. The van der Waals surface area contributed by atoms with Crippen LogP contribution in [0, 0.1) is 13.8 Å². The first-order valence-corrected chi connectivity index (χ1v) is 6.89. The molecule has 0 radical (unpaired) electrons. The molecule has 102 valence electrons. The average Bonchev–Trinajstić information content (AvgIpc) is 2.75. The molecule has 2 rings (SSSR count). The van der Waals surface area contributed by atoms with Crippen molar-refractivity contribution in [3.8, 4) is 0 Å². The average molecular weight is 258 g/mol. The van der Waals surface area contributed by atoms with Gasteiger partial charge in [0.05, 0.1) is 12.2 Å². The van der Waals surface area contributed by atoms with Gasteiger partial charge in [-0.2, -0.15) is 0 Å². The Hall–Kier alpha value is -1.61. The number of nitrogens with one attached hydrogen (secondary N) is 1. The summed E-state index contributed by atoms with van der Waals surface area (Å²) in [6, 6.07) is 11.0.